The highest BCUT2D eigenvalue weighted by molar-refractivity contribution is 6.06. The van der Waals surface area contributed by atoms with Gasteiger partial charge in [-0.05, 0) is 171 Å². The lowest BCUT2D eigenvalue weighted by Crippen LogP contribution is -2.09. The van der Waals surface area contributed by atoms with Crippen LogP contribution in [0, 0.1) is 0 Å². The first kappa shape index (κ1) is 45.7. The van der Waals surface area contributed by atoms with E-state index < -0.39 is 0 Å². The number of benzene rings is 11. The fourth-order valence-corrected chi connectivity index (χ4v) is 11.5. The normalized spacial score (nSPS) is 12.7. The van der Waals surface area contributed by atoms with Crippen LogP contribution in [-0.2, 0) is 0 Å². The largest absolute Gasteiger partial charge is 0.456 e. The molecule has 13 rings (SSSR count). The maximum Gasteiger partial charge on any atom is 0.137 e. The molecule has 3 nitrogen and oxygen atoms in total. The van der Waals surface area contributed by atoms with Gasteiger partial charge in [0.15, 0.2) is 0 Å². The Hall–Kier alpha value is -9.18. The summed E-state index contributed by atoms with van der Waals surface area (Å²) < 4.78 is 6.39. The van der Waals surface area contributed by atoms with E-state index in [1.807, 2.05) is 12.1 Å². The van der Waals surface area contributed by atoms with Gasteiger partial charge in [-0.1, -0.05) is 195 Å². The minimum atomic E-state index is 0.705. The summed E-state index contributed by atoms with van der Waals surface area (Å²) in [4.78, 5) is 4.66. The zero-order chi connectivity index (χ0) is 49.9. The van der Waals surface area contributed by atoms with Crippen LogP contribution < -0.4 is 9.80 Å². The summed E-state index contributed by atoms with van der Waals surface area (Å²) in [6.07, 6.45) is 6.71. The lowest BCUT2D eigenvalue weighted by Gasteiger charge is -2.26. The second kappa shape index (κ2) is 20.4. The van der Waals surface area contributed by atoms with Gasteiger partial charge >= 0.3 is 0 Å². The van der Waals surface area contributed by atoms with Gasteiger partial charge in [0.1, 0.15) is 11.2 Å². The molecular weight excluding hydrogens is 909 g/mol. The number of anilines is 6. The van der Waals surface area contributed by atoms with Crippen molar-refractivity contribution in [2.45, 2.75) is 38.0 Å². The number of rotatable bonds is 12. The third-order valence-corrected chi connectivity index (χ3v) is 15.3. The molecule has 12 aromatic rings. The molecule has 1 aromatic heterocycles. The Kier molecular flexibility index (Phi) is 12.4. The molecule has 1 fully saturated rings. The number of nitrogens with zero attached hydrogens (tertiary/aromatic N) is 2. The standard InChI is InChI=1S/C72H56N2O/c1-6-18-51(19-7-1)52-30-32-53(33-31-52)54-34-40-61(41-35-54)73(59-24-12-4-13-25-59)62-42-36-57(37-43-62)69-49-68(56-22-10-3-11-23-56)70(50-67(69)55-20-8-2-9-21-55)58-38-44-63(45-39-58)74(60-26-14-5-15-27-60)64-46-47-66-65-28-16-17-29-71(65)75-72(66)48-64/h2-5,8-17,20-51H,1,6-7,18-19H2. The minimum absolute atomic E-state index is 0.705. The Morgan fingerprint density at radius 3 is 1.12 bits per heavy atom. The molecule has 1 aliphatic rings. The third kappa shape index (κ3) is 9.19. The van der Waals surface area contributed by atoms with E-state index in [0.29, 0.717) is 5.92 Å². The Morgan fingerprint density at radius 2 is 0.627 bits per heavy atom. The maximum atomic E-state index is 6.39. The molecule has 0 amide bonds. The molecule has 1 aliphatic carbocycles. The minimum Gasteiger partial charge on any atom is -0.456 e. The number of hydrogen-bond acceptors (Lipinski definition) is 3. The van der Waals surface area contributed by atoms with Crippen LogP contribution in [-0.4, -0.2) is 0 Å². The van der Waals surface area contributed by atoms with Gasteiger partial charge in [-0.2, -0.15) is 0 Å². The monoisotopic (exact) mass is 964 g/mol. The van der Waals surface area contributed by atoms with Crippen LogP contribution in [0.1, 0.15) is 43.6 Å². The molecule has 0 atom stereocenters. The van der Waals surface area contributed by atoms with E-state index in [1.54, 1.807) is 0 Å². The molecule has 1 heterocycles. The molecule has 0 N–H and O–H groups in total. The number of furan rings is 1. The summed E-state index contributed by atoms with van der Waals surface area (Å²) in [5, 5.41) is 2.24. The summed E-state index contributed by atoms with van der Waals surface area (Å²) in [5.41, 5.74) is 21.5. The van der Waals surface area contributed by atoms with Crippen LogP contribution in [0.5, 0.6) is 0 Å². The van der Waals surface area contributed by atoms with Crippen LogP contribution >= 0.6 is 0 Å². The van der Waals surface area contributed by atoms with E-state index >= 15 is 0 Å². The van der Waals surface area contributed by atoms with E-state index in [2.05, 4.69) is 271 Å². The Labute approximate surface area is 440 Å². The third-order valence-electron chi connectivity index (χ3n) is 15.3. The summed E-state index contributed by atoms with van der Waals surface area (Å²) >= 11 is 0. The molecule has 360 valence electrons. The fourth-order valence-electron chi connectivity index (χ4n) is 11.5. The van der Waals surface area contributed by atoms with Crippen molar-refractivity contribution >= 4 is 56.1 Å². The quantitative estimate of drug-likeness (QED) is 0.122. The molecule has 11 aromatic carbocycles. The van der Waals surface area contributed by atoms with Crippen LogP contribution in [0.4, 0.5) is 34.1 Å². The zero-order valence-electron chi connectivity index (χ0n) is 41.9. The van der Waals surface area contributed by atoms with Gasteiger partial charge in [0, 0.05) is 51.0 Å². The Balaban J connectivity index is 0.869. The highest BCUT2D eigenvalue weighted by Crippen LogP contribution is 2.45. The molecule has 0 aliphatic heterocycles. The number of hydrogen-bond donors (Lipinski definition) is 0. The topological polar surface area (TPSA) is 19.6 Å². The number of para-hydroxylation sites is 3. The maximum absolute atomic E-state index is 6.39. The predicted octanol–water partition coefficient (Wildman–Crippen LogP) is 20.9. The number of fused-ring (bicyclic) bond motifs is 3. The second-order valence-corrected chi connectivity index (χ2v) is 19.9. The van der Waals surface area contributed by atoms with Crippen molar-refractivity contribution in [3.63, 3.8) is 0 Å². The smallest absolute Gasteiger partial charge is 0.137 e. The fraction of sp³-hybridized carbons (Fsp3) is 0.0833. The molecule has 0 spiro atoms. The SMILES string of the molecule is c1ccc(-c2cc(-c3ccc(N(c4ccccc4)c4ccc5c(c4)oc4ccccc45)cc3)c(-c3ccccc3)cc2-c2ccc(N(c3ccccc3)c3ccc(-c4ccc(C5CCCCC5)cc4)cc3)cc2)cc1. The van der Waals surface area contributed by atoms with Crippen molar-refractivity contribution in [3.05, 3.63) is 279 Å². The van der Waals surface area contributed by atoms with Gasteiger partial charge in [-0.25, -0.2) is 0 Å². The summed E-state index contributed by atoms with van der Waals surface area (Å²) in [5.74, 6) is 0.705. The molecule has 75 heavy (non-hydrogen) atoms. The molecule has 0 unspecified atom stereocenters. The first-order chi connectivity index (χ1) is 37.2. The zero-order valence-corrected chi connectivity index (χ0v) is 41.9. The van der Waals surface area contributed by atoms with E-state index in [0.717, 1.165) is 72.8 Å². The molecule has 1 saturated carbocycles. The van der Waals surface area contributed by atoms with Gasteiger partial charge in [0.05, 0.1) is 0 Å². The van der Waals surface area contributed by atoms with E-state index in [4.69, 9.17) is 4.42 Å². The molecule has 3 heteroatoms. The summed E-state index contributed by atoms with van der Waals surface area (Å²) in [6, 6.07) is 99.1. The first-order valence-corrected chi connectivity index (χ1v) is 26.5. The average Bonchev–Trinajstić information content (AvgIpc) is 3.88. The average molecular weight is 965 g/mol. The van der Waals surface area contributed by atoms with Gasteiger partial charge in [-0.15, -0.1) is 0 Å². The van der Waals surface area contributed by atoms with Crippen molar-refractivity contribution in [1.29, 1.82) is 0 Å². The van der Waals surface area contributed by atoms with Crippen LogP contribution in [0.3, 0.4) is 0 Å². The molecule has 0 bridgehead atoms. The lowest BCUT2D eigenvalue weighted by molar-refractivity contribution is 0.443. The van der Waals surface area contributed by atoms with Crippen molar-refractivity contribution in [2.75, 3.05) is 9.80 Å². The summed E-state index contributed by atoms with van der Waals surface area (Å²) in [7, 11) is 0. The van der Waals surface area contributed by atoms with Gasteiger partial charge < -0.3 is 14.2 Å². The van der Waals surface area contributed by atoms with Crippen LogP contribution in [0.25, 0.3) is 77.6 Å². The molecule has 0 saturated heterocycles. The van der Waals surface area contributed by atoms with Crippen LogP contribution in [0.15, 0.2) is 277 Å². The van der Waals surface area contributed by atoms with Crippen molar-refractivity contribution in [2.24, 2.45) is 0 Å². The van der Waals surface area contributed by atoms with Gasteiger partial charge in [-0.3, -0.25) is 0 Å². The van der Waals surface area contributed by atoms with E-state index in [-0.39, 0.29) is 0 Å². The molecule has 0 radical (unpaired) electrons. The van der Waals surface area contributed by atoms with E-state index in [9.17, 15) is 0 Å². The van der Waals surface area contributed by atoms with Crippen molar-refractivity contribution < 1.29 is 4.42 Å². The second-order valence-electron chi connectivity index (χ2n) is 19.9. The Morgan fingerprint density at radius 1 is 0.267 bits per heavy atom. The predicted molar refractivity (Wildman–Crippen MR) is 316 cm³/mol. The Bertz CT molecular complexity index is 3860. The van der Waals surface area contributed by atoms with Crippen molar-refractivity contribution in [1.82, 2.24) is 0 Å². The molecular formula is C72H56N2O. The lowest BCUT2D eigenvalue weighted by atomic mass is 9.84. The van der Waals surface area contributed by atoms with Crippen LogP contribution in [0.2, 0.25) is 0 Å². The summed E-state index contributed by atoms with van der Waals surface area (Å²) in [6.45, 7) is 0. The van der Waals surface area contributed by atoms with Gasteiger partial charge in [0.2, 0.25) is 0 Å². The highest BCUT2D eigenvalue weighted by Gasteiger charge is 2.21. The highest BCUT2D eigenvalue weighted by atomic mass is 16.3. The van der Waals surface area contributed by atoms with Crippen molar-refractivity contribution in [3.8, 4) is 55.6 Å². The van der Waals surface area contributed by atoms with E-state index in [1.165, 1.54) is 76.6 Å². The van der Waals surface area contributed by atoms with Gasteiger partial charge in [0.25, 0.3) is 0 Å². The first-order valence-electron chi connectivity index (χ1n) is 26.5.